The quantitative estimate of drug-likeness (QED) is 0.868. The van der Waals surface area contributed by atoms with Crippen LogP contribution in [0.4, 0.5) is 0 Å². The van der Waals surface area contributed by atoms with Crippen LogP contribution in [0.3, 0.4) is 0 Å². The van der Waals surface area contributed by atoms with Gasteiger partial charge in [0.1, 0.15) is 6.04 Å². The summed E-state index contributed by atoms with van der Waals surface area (Å²) >= 11 is 0. The zero-order chi connectivity index (χ0) is 16.2. The number of nitrogens with zero attached hydrogens (tertiary/aromatic N) is 3. The normalized spacial score (nSPS) is 17.4. The third-order valence-electron chi connectivity index (χ3n) is 4.69. The third-order valence-corrected chi connectivity index (χ3v) is 4.69. The average Bonchev–Trinajstić information content (AvgIpc) is 3.10. The van der Waals surface area contributed by atoms with Crippen molar-refractivity contribution in [1.82, 2.24) is 14.4 Å². The molecule has 4 nitrogen and oxygen atoms in total. The molecule has 4 heteroatoms. The van der Waals surface area contributed by atoms with Crippen molar-refractivity contribution in [3.05, 3.63) is 60.4 Å². The van der Waals surface area contributed by atoms with E-state index in [1.54, 1.807) is 0 Å². The summed E-state index contributed by atoms with van der Waals surface area (Å²) in [7, 11) is 3.95. The molecule has 1 aliphatic rings. The maximum absolute atomic E-state index is 13.0. The van der Waals surface area contributed by atoms with Crippen LogP contribution in [0, 0.1) is 0 Å². The Labute approximate surface area is 138 Å². The molecule has 1 amide bonds. The Balaban J connectivity index is 1.68. The molecule has 1 fully saturated rings. The Bertz CT molecular complexity index is 613. The molecule has 0 N–H and O–H groups in total. The van der Waals surface area contributed by atoms with E-state index in [1.165, 1.54) is 0 Å². The summed E-state index contributed by atoms with van der Waals surface area (Å²) in [6, 6.07) is 14.5. The number of likely N-dealkylation sites (tertiary alicyclic amines) is 1. The molecule has 2 heterocycles. The van der Waals surface area contributed by atoms with Crippen LogP contribution in [0.25, 0.3) is 0 Å². The largest absolute Gasteiger partial charge is 0.351 e. The molecule has 0 aliphatic carbocycles. The second-order valence-electron chi connectivity index (χ2n) is 6.46. The number of piperidine rings is 1. The average molecular weight is 311 g/mol. The minimum absolute atomic E-state index is 0.195. The molecule has 0 radical (unpaired) electrons. The molecule has 122 valence electrons. The molecule has 3 rings (SSSR count). The van der Waals surface area contributed by atoms with Gasteiger partial charge in [-0.3, -0.25) is 9.69 Å². The highest BCUT2D eigenvalue weighted by atomic mass is 16.2. The van der Waals surface area contributed by atoms with Crippen LogP contribution in [0.1, 0.15) is 30.5 Å². The van der Waals surface area contributed by atoms with Crippen molar-refractivity contribution >= 4 is 5.91 Å². The van der Waals surface area contributed by atoms with Gasteiger partial charge in [-0.2, -0.15) is 0 Å². The number of hydrogen-bond acceptors (Lipinski definition) is 2. The predicted molar refractivity (Wildman–Crippen MR) is 92.2 cm³/mol. The van der Waals surface area contributed by atoms with Gasteiger partial charge < -0.3 is 9.47 Å². The Kier molecular flexibility index (Phi) is 4.82. The molecule has 1 aromatic heterocycles. The highest BCUT2D eigenvalue weighted by Gasteiger charge is 2.30. The van der Waals surface area contributed by atoms with Crippen LogP contribution < -0.4 is 0 Å². The molecule has 0 saturated carbocycles. The standard InChI is InChI=1S/C19H25N3O/c1-20(2)18(16-8-4-3-5-9-16)19(23)22-14-10-17(11-15-22)21-12-6-7-13-21/h3-9,12-13,17-18H,10-11,14-15H2,1-2H3/t18-/m1/s1. The van der Waals surface area contributed by atoms with Crippen molar-refractivity contribution in [2.24, 2.45) is 0 Å². The van der Waals surface area contributed by atoms with Gasteiger partial charge >= 0.3 is 0 Å². The van der Waals surface area contributed by atoms with Crippen molar-refractivity contribution in [3.63, 3.8) is 0 Å². The van der Waals surface area contributed by atoms with Crippen LogP contribution in [0.5, 0.6) is 0 Å². The zero-order valence-electron chi connectivity index (χ0n) is 13.9. The van der Waals surface area contributed by atoms with Crippen molar-refractivity contribution in [2.45, 2.75) is 24.9 Å². The predicted octanol–water partition coefficient (Wildman–Crippen LogP) is 2.95. The van der Waals surface area contributed by atoms with Crippen LogP contribution in [0.2, 0.25) is 0 Å². The van der Waals surface area contributed by atoms with Crippen LogP contribution in [-0.4, -0.2) is 47.5 Å². The highest BCUT2D eigenvalue weighted by molar-refractivity contribution is 5.83. The Morgan fingerprint density at radius 3 is 2.22 bits per heavy atom. The van der Waals surface area contributed by atoms with Gasteiger partial charge in [-0.05, 0) is 44.6 Å². The van der Waals surface area contributed by atoms with Gasteiger partial charge in [0, 0.05) is 31.5 Å². The second kappa shape index (κ2) is 7.01. The molecule has 1 saturated heterocycles. The second-order valence-corrected chi connectivity index (χ2v) is 6.46. The number of rotatable bonds is 4. The lowest BCUT2D eigenvalue weighted by atomic mass is 10.0. The fourth-order valence-corrected chi connectivity index (χ4v) is 3.45. The van der Waals surface area contributed by atoms with E-state index in [1.807, 2.05) is 54.2 Å². The molecule has 0 spiro atoms. The fourth-order valence-electron chi connectivity index (χ4n) is 3.45. The number of aromatic nitrogens is 1. The maximum Gasteiger partial charge on any atom is 0.244 e. The first-order chi connectivity index (χ1) is 11.2. The fraction of sp³-hybridized carbons (Fsp3) is 0.421. The number of benzene rings is 1. The lowest BCUT2D eigenvalue weighted by Crippen LogP contribution is -2.44. The summed E-state index contributed by atoms with van der Waals surface area (Å²) in [4.78, 5) is 17.0. The first-order valence-electron chi connectivity index (χ1n) is 8.29. The smallest absolute Gasteiger partial charge is 0.244 e. The van der Waals surface area contributed by atoms with Crippen molar-refractivity contribution in [3.8, 4) is 0 Å². The van der Waals surface area contributed by atoms with E-state index in [0.717, 1.165) is 31.5 Å². The number of amides is 1. The van der Waals surface area contributed by atoms with E-state index >= 15 is 0 Å². The minimum Gasteiger partial charge on any atom is -0.351 e. The molecular weight excluding hydrogens is 286 g/mol. The topological polar surface area (TPSA) is 28.5 Å². The van der Waals surface area contributed by atoms with Crippen molar-refractivity contribution < 1.29 is 4.79 Å². The number of carbonyl (C=O) groups is 1. The number of likely N-dealkylation sites (N-methyl/N-ethyl adjacent to an activating group) is 1. The summed E-state index contributed by atoms with van der Waals surface area (Å²) < 4.78 is 2.27. The SMILES string of the molecule is CN(C)[C@@H](C(=O)N1CCC(n2cccc2)CC1)c1ccccc1. The van der Waals surface area contributed by atoms with Gasteiger partial charge in [-0.15, -0.1) is 0 Å². The molecule has 23 heavy (non-hydrogen) atoms. The molecule has 0 bridgehead atoms. The monoisotopic (exact) mass is 311 g/mol. The summed E-state index contributed by atoms with van der Waals surface area (Å²) in [5.74, 6) is 0.215. The van der Waals surface area contributed by atoms with Gasteiger partial charge in [0.05, 0.1) is 0 Å². The van der Waals surface area contributed by atoms with E-state index in [4.69, 9.17) is 0 Å². The van der Waals surface area contributed by atoms with Crippen molar-refractivity contribution in [2.75, 3.05) is 27.2 Å². The molecule has 1 aliphatic heterocycles. The summed E-state index contributed by atoms with van der Waals surface area (Å²) in [6.07, 6.45) is 6.29. The molecule has 1 atom stereocenters. The summed E-state index contributed by atoms with van der Waals surface area (Å²) in [6.45, 7) is 1.66. The maximum atomic E-state index is 13.0. The molecule has 1 aromatic carbocycles. The Morgan fingerprint density at radius 1 is 1.04 bits per heavy atom. The van der Waals surface area contributed by atoms with Gasteiger partial charge in [-0.25, -0.2) is 0 Å². The Morgan fingerprint density at radius 2 is 1.65 bits per heavy atom. The van der Waals surface area contributed by atoms with Crippen LogP contribution in [-0.2, 0) is 4.79 Å². The minimum atomic E-state index is -0.195. The summed E-state index contributed by atoms with van der Waals surface area (Å²) in [5.41, 5.74) is 1.06. The van der Waals surface area contributed by atoms with E-state index < -0.39 is 0 Å². The van der Waals surface area contributed by atoms with Crippen LogP contribution >= 0.6 is 0 Å². The number of carbonyl (C=O) groups excluding carboxylic acids is 1. The van der Waals surface area contributed by atoms with Gasteiger partial charge in [-0.1, -0.05) is 30.3 Å². The van der Waals surface area contributed by atoms with Crippen LogP contribution in [0.15, 0.2) is 54.9 Å². The molecule has 2 aromatic rings. The first-order valence-corrected chi connectivity index (χ1v) is 8.29. The van der Waals surface area contributed by atoms with E-state index in [2.05, 4.69) is 29.1 Å². The lowest BCUT2D eigenvalue weighted by molar-refractivity contribution is -0.137. The van der Waals surface area contributed by atoms with Crippen molar-refractivity contribution in [1.29, 1.82) is 0 Å². The van der Waals surface area contributed by atoms with Gasteiger partial charge in [0.15, 0.2) is 0 Å². The Hall–Kier alpha value is -2.07. The highest BCUT2D eigenvalue weighted by Crippen LogP contribution is 2.27. The molecular formula is C19H25N3O. The van der Waals surface area contributed by atoms with E-state index in [9.17, 15) is 4.79 Å². The van der Waals surface area contributed by atoms with Gasteiger partial charge in [0.25, 0.3) is 0 Å². The van der Waals surface area contributed by atoms with E-state index in [0.29, 0.717) is 6.04 Å². The first kappa shape index (κ1) is 15.8. The van der Waals surface area contributed by atoms with Gasteiger partial charge in [0.2, 0.25) is 5.91 Å². The van der Waals surface area contributed by atoms with E-state index in [-0.39, 0.29) is 11.9 Å². The third kappa shape index (κ3) is 3.48. The molecule has 0 unspecified atom stereocenters. The summed E-state index contributed by atoms with van der Waals surface area (Å²) in [5, 5.41) is 0. The lowest BCUT2D eigenvalue weighted by Gasteiger charge is -2.36. The number of hydrogen-bond donors (Lipinski definition) is 0. The zero-order valence-corrected chi connectivity index (χ0v) is 13.9.